The van der Waals surface area contributed by atoms with Gasteiger partial charge in [-0.05, 0) is 35.6 Å². The number of hydrogen-bond donors (Lipinski definition) is 2. The highest BCUT2D eigenvalue weighted by molar-refractivity contribution is 7.08. The SMILES string of the molecule is CCc1nnsc1C(=O)NC[C@H](O)c1cccc(Cl)c1. The molecule has 2 aromatic rings. The number of amides is 1. The molecule has 0 unspecified atom stereocenters. The van der Waals surface area contributed by atoms with Crippen LogP contribution in [0.25, 0.3) is 0 Å². The van der Waals surface area contributed by atoms with Crippen molar-refractivity contribution >= 4 is 29.0 Å². The summed E-state index contributed by atoms with van der Waals surface area (Å²) < 4.78 is 3.76. The fraction of sp³-hybridized carbons (Fsp3) is 0.308. The Bertz CT molecular complexity index is 603. The average Bonchev–Trinajstić information content (AvgIpc) is 2.92. The van der Waals surface area contributed by atoms with Crippen LogP contribution in [0.3, 0.4) is 0 Å². The van der Waals surface area contributed by atoms with Gasteiger partial charge in [-0.25, -0.2) is 0 Å². The minimum Gasteiger partial charge on any atom is -0.387 e. The lowest BCUT2D eigenvalue weighted by atomic mass is 10.1. The zero-order valence-corrected chi connectivity index (χ0v) is 12.4. The number of hydrogen-bond acceptors (Lipinski definition) is 5. The Hall–Kier alpha value is -1.50. The van der Waals surface area contributed by atoms with Crippen LogP contribution in [0.4, 0.5) is 0 Å². The Labute approximate surface area is 125 Å². The van der Waals surface area contributed by atoms with E-state index in [1.807, 2.05) is 6.92 Å². The van der Waals surface area contributed by atoms with Gasteiger partial charge in [0.1, 0.15) is 4.88 Å². The minimum absolute atomic E-state index is 0.111. The summed E-state index contributed by atoms with van der Waals surface area (Å²) in [7, 11) is 0. The maximum atomic E-state index is 12.0. The van der Waals surface area contributed by atoms with Crippen LogP contribution in [0.1, 0.15) is 34.0 Å². The van der Waals surface area contributed by atoms with Crippen molar-refractivity contribution in [1.82, 2.24) is 14.9 Å². The van der Waals surface area contributed by atoms with Crippen molar-refractivity contribution in [3.63, 3.8) is 0 Å². The van der Waals surface area contributed by atoms with E-state index in [-0.39, 0.29) is 12.5 Å². The molecule has 2 N–H and O–H groups in total. The van der Waals surface area contributed by atoms with Gasteiger partial charge in [0.2, 0.25) is 0 Å². The van der Waals surface area contributed by atoms with E-state index in [4.69, 9.17) is 11.6 Å². The first kappa shape index (κ1) is 14.9. The first-order valence-electron chi connectivity index (χ1n) is 6.14. The maximum absolute atomic E-state index is 12.0. The normalized spacial score (nSPS) is 12.2. The smallest absolute Gasteiger partial charge is 0.265 e. The van der Waals surface area contributed by atoms with E-state index in [9.17, 15) is 9.90 Å². The van der Waals surface area contributed by atoms with E-state index in [1.165, 1.54) is 0 Å². The highest BCUT2D eigenvalue weighted by atomic mass is 35.5. The lowest BCUT2D eigenvalue weighted by Gasteiger charge is -2.12. The number of carbonyl (C=O) groups is 1. The molecule has 0 fully saturated rings. The molecular weight excluding hydrogens is 298 g/mol. The summed E-state index contributed by atoms with van der Waals surface area (Å²) in [5.41, 5.74) is 1.33. The van der Waals surface area contributed by atoms with E-state index in [1.54, 1.807) is 24.3 Å². The number of halogens is 1. The van der Waals surface area contributed by atoms with Crippen molar-refractivity contribution in [3.8, 4) is 0 Å². The molecule has 0 saturated carbocycles. The second kappa shape index (κ2) is 6.78. The minimum atomic E-state index is -0.802. The maximum Gasteiger partial charge on any atom is 0.265 e. The first-order valence-corrected chi connectivity index (χ1v) is 7.30. The third kappa shape index (κ3) is 3.53. The highest BCUT2D eigenvalue weighted by Gasteiger charge is 2.16. The van der Waals surface area contributed by atoms with Crippen molar-refractivity contribution in [2.45, 2.75) is 19.4 Å². The van der Waals surface area contributed by atoms with Crippen molar-refractivity contribution < 1.29 is 9.90 Å². The molecule has 0 aliphatic rings. The summed E-state index contributed by atoms with van der Waals surface area (Å²) in [6, 6.07) is 6.91. The van der Waals surface area contributed by atoms with Gasteiger partial charge < -0.3 is 10.4 Å². The Morgan fingerprint density at radius 3 is 3.05 bits per heavy atom. The second-order valence-corrected chi connectivity index (χ2v) is 5.37. The summed E-state index contributed by atoms with van der Waals surface area (Å²) in [4.78, 5) is 12.5. The van der Waals surface area contributed by atoms with Crippen LogP contribution < -0.4 is 5.32 Å². The van der Waals surface area contributed by atoms with Crippen LogP contribution >= 0.6 is 23.1 Å². The number of nitrogens with zero attached hydrogens (tertiary/aromatic N) is 2. The molecule has 0 radical (unpaired) electrons. The lowest BCUT2D eigenvalue weighted by molar-refractivity contribution is 0.0919. The van der Waals surface area contributed by atoms with Crippen molar-refractivity contribution in [2.75, 3.05) is 6.54 Å². The quantitative estimate of drug-likeness (QED) is 0.888. The molecule has 2 rings (SSSR count). The summed E-state index contributed by atoms with van der Waals surface area (Å²) in [6.07, 6.45) is -0.153. The zero-order chi connectivity index (χ0) is 14.5. The van der Waals surface area contributed by atoms with Gasteiger partial charge in [0.25, 0.3) is 5.91 Å². The van der Waals surface area contributed by atoms with E-state index < -0.39 is 6.10 Å². The largest absolute Gasteiger partial charge is 0.387 e. The standard InChI is InChI=1S/C13H14ClN3O2S/c1-2-10-12(20-17-16-10)13(19)15-7-11(18)8-4-3-5-9(14)6-8/h3-6,11,18H,2,7H2,1H3,(H,15,19)/t11-/m0/s1. The molecule has 1 amide bonds. The first-order chi connectivity index (χ1) is 9.61. The molecule has 1 aromatic heterocycles. The summed E-state index contributed by atoms with van der Waals surface area (Å²) in [6.45, 7) is 2.02. The van der Waals surface area contributed by atoms with Crippen LogP contribution in [0.5, 0.6) is 0 Å². The number of aliphatic hydroxyl groups is 1. The van der Waals surface area contributed by atoms with Crippen LogP contribution in [-0.2, 0) is 6.42 Å². The van der Waals surface area contributed by atoms with E-state index in [2.05, 4.69) is 14.9 Å². The number of aromatic nitrogens is 2. The molecule has 1 aromatic carbocycles. The Balaban J connectivity index is 1.97. The molecule has 0 aliphatic heterocycles. The predicted octanol–water partition coefficient (Wildman–Crippen LogP) is 2.22. The van der Waals surface area contributed by atoms with Gasteiger partial charge in [-0.3, -0.25) is 4.79 Å². The number of nitrogens with one attached hydrogen (secondary N) is 1. The monoisotopic (exact) mass is 311 g/mol. The average molecular weight is 312 g/mol. The lowest BCUT2D eigenvalue weighted by Crippen LogP contribution is -2.28. The Morgan fingerprint density at radius 2 is 2.35 bits per heavy atom. The van der Waals surface area contributed by atoms with Crippen LogP contribution in [-0.4, -0.2) is 27.1 Å². The summed E-state index contributed by atoms with van der Waals surface area (Å²) in [5, 5.41) is 17.1. The van der Waals surface area contributed by atoms with Gasteiger partial charge >= 0.3 is 0 Å². The van der Waals surface area contributed by atoms with Gasteiger partial charge in [0, 0.05) is 11.6 Å². The van der Waals surface area contributed by atoms with Crippen LogP contribution in [0.2, 0.25) is 5.02 Å². The molecule has 20 heavy (non-hydrogen) atoms. The molecule has 0 bridgehead atoms. The fourth-order valence-corrected chi connectivity index (χ4v) is 2.58. The topological polar surface area (TPSA) is 75.1 Å². The number of rotatable bonds is 5. The Morgan fingerprint density at radius 1 is 1.55 bits per heavy atom. The summed E-state index contributed by atoms with van der Waals surface area (Å²) in [5.74, 6) is -0.266. The van der Waals surface area contributed by atoms with Gasteiger partial charge in [-0.1, -0.05) is 35.1 Å². The molecule has 1 atom stereocenters. The van der Waals surface area contributed by atoms with E-state index in [0.29, 0.717) is 27.6 Å². The van der Waals surface area contributed by atoms with Crippen LogP contribution in [0.15, 0.2) is 24.3 Å². The molecule has 0 spiro atoms. The van der Waals surface area contributed by atoms with Gasteiger partial charge in [-0.15, -0.1) is 5.10 Å². The zero-order valence-electron chi connectivity index (χ0n) is 10.8. The van der Waals surface area contributed by atoms with E-state index >= 15 is 0 Å². The Kier molecular flexibility index (Phi) is 5.05. The number of benzene rings is 1. The number of aliphatic hydroxyl groups excluding tert-OH is 1. The fourth-order valence-electron chi connectivity index (χ4n) is 1.71. The predicted molar refractivity (Wildman–Crippen MR) is 78.0 cm³/mol. The molecular formula is C13H14ClN3O2S. The van der Waals surface area contributed by atoms with Crippen molar-refractivity contribution in [1.29, 1.82) is 0 Å². The third-order valence-electron chi connectivity index (χ3n) is 2.79. The van der Waals surface area contributed by atoms with Gasteiger partial charge in [-0.2, -0.15) is 0 Å². The molecule has 5 nitrogen and oxygen atoms in total. The van der Waals surface area contributed by atoms with Gasteiger partial charge in [0.05, 0.1) is 11.8 Å². The molecule has 106 valence electrons. The molecule has 0 saturated heterocycles. The molecule has 0 aliphatic carbocycles. The van der Waals surface area contributed by atoms with Crippen LogP contribution in [0, 0.1) is 0 Å². The third-order valence-corrected chi connectivity index (χ3v) is 3.79. The van der Waals surface area contributed by atoms with Gasteiger partial charge in [0.15, 0.2) is 0 Å². The molecule has 1 heterocycles. The van der Waals surface area contributed by atoms with E-state index in [0.717, 1.165) is 11.5 Å². The highest BCUT2D eigenvalue weighted by Crippen LogP contribution is 2.17. The number of aryl methyl sites for hydroxylation is 1. The second-order valence-electron chi connectivity index (χ2n) is 4.18. The van der Waals surface area contributed by atoms with Crippen molar-refractivity contribution in [2.24, 2.45) is 0 Å². The summed E-state index contributed by atoms with van der Waals surface area (Å²) >= 11 is 6.92. The van der Waals surface area contributed by atoms with Crippen molar-refractivity contribution in [3.05, 3.63) is 45.4 Å². The molecule has 7 heteroatoms. The number of carbonyl (C=O) groups excluding carboxylic acids is 1.